The number of H-pyrrole nitrogens is 1. The molecule has 3 aromatic carbocycles. The smallest absolute Gasteiger partial charge is 0.279 e. The maximum atomic E-state index is 14.3. The van der Waals surface area contributed by atoms with E-state index in [0.717, 1.165) is 93.8 Å². The second-order valence-corrected chi connectivity index (χ2v) is 20.5. The van der Waals surface area contributed by atoms with Gasteiger partial charge in [0.05, 0.1) is 34.0 Å². The quantitative estimate of drug-likeness (QED) is 0.0875. The minimum Gasteiger partial charge on any atom is -0.393 e. The number of rotatable bonds is 12. The molecule has 4 heterocycles. The van der Waals surface area contributed by atoms with Gasteiger partial charge >= 0.3 is 0 Å². The number of fused-ring (bicyclic) bond motifs is 2. The van der Waals surface area contributed by atoms with E-state index >= 15 is 0 Å². The number of piperazine rings is 1. The number of hydrogen-bond donors (Lipinski definition) is 4. The third-order valence-corrected chi connectivity index (χ3v) is 14.9. The topological polar surface area (TPSA) is 169 Å². The van der Waals surface area contributed by atoms with Crippen LogP contribution in [0.25, 0.3) is 33.3 Å². The number of allylic oxidation sites excluding steroid dienone is 1. The average Bonchev–Trinajstić information content (AvgIpc) is 3.92. The molecule has 0 spiro atoms. The van der Waals surface area contributed by atoms with Gasteiger partial charge in [0.1, 0.15) is 16.9 Å². The fraction of sp³-hybridized carbons (Fsp3) is 0.396. The number of anilines is 2. The Kier molecular flexibility index (Phi) is 12.1. The summed E-state index contributed by atoms with van der Waals surface area (Å²) in [5, 5.41) is 19.5. The van der Waals surface area contributed by atoms with Gasteiger partial charge in [-0.3, -0.25) is 9.69 Å². The predicted molar refractivity (Wildman–Crippen MR) is 252 cm³/mol. The number of nitroso groups, excluding NO2 is 1. The number of carbonyl (C=O) groups is 1. The fourth-order valence-corrected chi connectivity index (χ4v) is 10.6. The highest BCUT2D eigenvalue weighted by molar-refractivity contribution is 7.90. The van der Waals surface area contributed by atoms with Gasteiger partial charge in [0.2, 0.25) is 0 Å². The van der Waals surface area contributed by atoms with Crippen LogP contribution in [0.3, 0.4) is 0 Å². The van der Waals surface area contributed by atoms with Crippen LogP contribution >= 0.6 is 11.6 Å². The molecule has 1 amide bonds. The summed E-state index contributed by atoms with van der Waals surface area (Å²) in [6, 6.07) is 21.7. The van der Waals surface area contributed by atoms with Gasteiger partial charge in [-0.1, -0.05) is 43.2 Å². The molecule has 0 bridgehead atoms. The molecule has 3 aromatic heterocycles. The molecule has 1 saturated heterocycles. The van der Waals surface area contributed by atoms with Crippen molar-refractivity contribution in [2.45, 2.75) is 69.8 Å². The van der Waals surface area contributed by atoms with E-state index in [1.54, 1.807) is 23.0 Å². The summed E-state index contributed by atoms with van der Waals surface area (Å²) in [6.07, 6.45) is 9.58. The summed E-state index contributed by atoms with van der Waals surface area (Å²) in [7, 11) is -3.14. The van der Waals surface area contributed by atoms with Crippen molar-refractivity contribution >= 4 is 72.2 Å². The molecule has 334 valence electrons. The summed E-state index contributed by atoms with van der Waals surface area (Å²) in [4.78, 5) is 39.4. The average molecular weight is 906 g/mol. The maximum Gasteiger partial charge on any atom is 0.279 e. The second kappa shape index (κ2) is 17.8. The molecule has 0 atom stereocenters. The zero-order valence-electron chi connectivity index (χ0n) is 36.5. The molecule has 14 nitrogen and oxygen atoms in total. The Morgan fingerprint density at radius 2 is 1.75 bits per heavy atom. The van der Waals surface area contributed by atoms with E-state index in [1.165, 1.54) is 35.9 Å². The Labute approximate surface area is 378 Å². The molecule has 0 unspecified atom stereocenters. The fourth-order valence-electron chi connectivity index (χ4n) is 9.53. The van der Waals surface area contributed by atoms with E-state index in [9.17, 15) is 23.2 Å². The van der Waals surface area contributed by atoms with Crippen molar-refractivity contribution in [3.05, 3.63) is 112 Å². The molecular weight excluding hydrogens is 850 g/mol. The normalized spacial score (nSPS) is 19.6. The number of nitrogens with one attached hydrogen (secondary N) is 3. The maximum absolute atomic E-state index is 14.3. The first-order chi connectivity index (χ1) is 30.7. The number of aromatic nitrogens is 4. The molecule has 3 aliphatic rings. The lowest BCUT2D eigenvalue weighted by Crippen LogP contribution is -2.47. The zero-order valence-corrected chi connectivity index (χ0v) is 38.1. The van der Waals surface area contributed by atoms with Crippen molar-refractivity contribution in [1.82, 2.24) is 29.4 Å². The van der Waals surface area contributed by atoms with E-state index in [2.05, 4.69) is 55.9 Å². The van der Waals surface area contributed by atoms with Crippen molar-refractivity contribution in [1.29, 1.82) is 0 Å². The molecule has 9 rings (SSSR count). The SMILES string of the molecule is C[N+](=O)c1cc(S(=O)(=O)NC(=O)c2ccc(N3CCN(CC4=C(c5ccc(Cl)cc5)CC(C)(C)CC4)CC3)cc2-n2ncc3nc4[nH]ccc4cc32)ccc1NC[C@H]1CC[C@@H](O)CC1. The van der Waals surface area contributed by atoms with Gasteiger partial charge in [0.25, 0.3) is 21.6 Å². The molecule has 1 aliphatic heterocycles. The Morgan fingerprint density at radius 1 is 0.984 bits per heavy atom. The van der Waals surface area contributed by atoms with Gasteiger partial charge < -0.3 is 20.3 Å². The number of sulfonamides is 1. The highest BCUT2D eigenvalue weighted by Crippen LogP contribution is 2.43. The number of pyridine rings is 1. The molecule has 2 aliphatic carbocycles. The number of amides is 1. The predicted octanol–water partition coefficient (Wildman–Crippen LogP) is 8.46. The first-order valence-electron chi connectivity index (χ1n) is 22.1. The molecule has 6 aromatic rings. The minimum absolute atomic E-state index is 0.101. The standard InChI is InChI=1S/C48H54ClN9O5S/c1-48(2)18-16-34(40(27-48)32-6-8-35(49)9-7-32)30-56-20-22-57(23-21-56)36-10-14-39(43(25-36)58-45-24-33-17-19-50-46(33)53-42(45)29-52-58)47(60)54-64(62,63)38-13-15-41(44(26-38)55(3)61)51-28-31-4-11-37(59)12-5-31/h6-10,13-15,17,19,24-26,29,31,37,59H,4-5,11-12,16,18,20-23,27-28,30H2,1-3H3,(H2-,50,51,52,53,54,60,61)/p+1/t31-,37+. The van der Waals surface area contributed by atoms with Crippen LogP contribution in [0, 0.1) is 16.2 Å². The molecular formula is C48H55ClN9O5S+. The number of carbonyl (C=O) groups excluding carboxylic acids is 1. The molecule has 64 heavy (non-hydrogen) atoms. The first kappa shape index (κ1) is 43.6. The highest BCUT2D eigenvalue weighted by Gasteiger charge is 2.31. The van der Waals surface area contributed by atoms with Crippen molar-refractivity contribution in [3.8, 4) is 5.69 Å². The van der Waals surface area contributed by atoms with Crippen LogP contribution in [-0.4, -0.2) is 101 Å². The number of aliphatic hydroxyl groups excluding tert-OH is 1. The van der Waals surface area contributed by atoms with Crippen LogP contribution in [-0.2, 0) is 10.0 Å². The summed E-state index contributed by atoms with van der Waals surface area (Å²) < 4.78 is 32.4. The van der Waals surface area contributed by atoms with Gasteiger partial charge in [-0.2, -0.15) is 5.10 Å². The zero-order chi connectivity index (χ0) is 44.8. The van der Waals surface area contributed by atoms with Gasteiger partial charge in [-0.15, -0.1) is 0 Å². The Hall–Kier alpha value is -5.61. The summed E-state index contributed by atoms with van der Waals surface area (Å²) in [5.74, 6) is -0.519. The van der Waals surface area contributed by atoms with Crippen LogP contribution < -0.4 is 14.9 Å². The number of aromatic amines is 1. The van der Waals surface area contributed by atoms with Crippen molar-refractivity contribution in [2.24, 2.45) is 11.3 Å². The number of nitrogens with zero attached hydrogens (tertiary/aromatic N) is 6. The lowest BCUT2D eigenvalue weighted by molar-refractivity contribution is -0.427. The van der Waals surface area contributed by atoms with Crippen molar-refractivity contribution < 1.29 is 23.1 Å². The Balaban J connectivity index is 0.970. The van der Waals surface area contributed by atoms with E-state index in [1.807, 2.05) is 42.6 Å². The van der Waals surface area contributed by atoms with Gasteiger partial charge in [-0.25, -0.2) is 22.8 Å². The monoisotopic (exact) mass is 904 g/mol. The van der Waals surface area contributed by atoms with E-state index in [4.69, 9.17) is 16.6 Å². The molecule has 0 radical (unpaired) electrons. The third kappa shape index (κ3) is 9.30. The van der Waals surface area contributed by atoms with Crippen molar-refractivity contribution in [3.63, 3.8) is 0 Å². The molecule has 1 saturated carbocycles. The van der Waals surface area contributed by atoms with Crippen LogP contribution in [0.5, 0.6) is 0 Å². The summed E-state index contributed by atoms with van der Waals surface area (Å²) in [6.45, 7) is 9.37. The van der Waals surface area contributed by atoms with Gasteiger partial charge in [0.15, 0.2) is 7.05 Å². The van der Waals surface area contributed by atoms with Gasteiger partial charge in [0, 0.05) is 77.3 Å². The molecule has 2 fully saturated rings. The lowest BCUT2D eigenvalue weighted by atomic mass is 9.72. The van der Waals surface area contributed by atoms with E-state index in [0.29, 0.717) is 45.3 Å². The van der Waals surface area contributed by atoms with Crippen LogP contribution in [0.15, 0.2) is 95.7 Å². The van der Waals surface area contributed by atoms with Crippen LogP contribution in [0.2, 0.25) is 5.02 Å². The molecule has 16 heteroatoms. The van der Waals surface area contributed by atoms with Gasteiger partial charge in [-0.05, 0) is 122 Å². The second-order valence-electron chi connectivity index (χ2n) is 18.4. The van der Waals surface area contributed by atoms with E-state index in [-0.39, 0.29) is 27.7 Å². The van der Waals surface area contributed by atoms with Crippen molar-refractivity contribution in [2.75, 3.05) is 56.5 Å². The molecule has 4 N–H and O–H groups in total. The number of aliphatic hydroxyl groups is 1. The third-order valence-electron chi connectivity index (χ3n) is 13.3. The summed E-state index contributed by atoms with van der Waals surface area (Å²) in [5.41, 5.74) is 8.34. The number of hydrogen-bond acceptors (Lipinski definition) is 10. The van der Waals surface area contributed by atoms with Crippen LogP contribution in [0.4, 0.5) is 17.1 Å². The van der Waals surface area contributed by atoms with Crippen LogP contribution in [0.1, 0.15) is 74.7 Å². The lowest BCUT2D eigenvalue weighted by Gasteiger charge is -2.39. The highest BCUT2D eigenvalue weighted by atomic mass is 35.5. The number of benzene rings is 3. The van der Waals surface area contributed by atoms with E-state index < -0.39 is 15.9 Å². The summed E-state index contributed by atoms with van der Waals surface area (Å²) >= 11 is 6.26. The number of halogens is 1. The minimum atomic E-state index is -4.44. The Bertz CT molecular complexity index is 2870. The Morgan fingerprint density at radius 3 is 2.50 bits per heavy atom. The largest absolute Gasteiger partial charge is 0.393 e. The first-order valence-corrected chi connectivity index (χ1v) is 24.0.